The predicted octanol–water partition coefficient (Wildman–Crippen LogP) is 2.15. The van der Waals surface area contributed by atoms with Crippen molar-refractivity contribution in [1.29, 1.82) is 0 Å². The highest BCUT2D eigenvalue weighted by Gasteiger charge is 2.29. The molecule has 1 aliphatic rings. The van der Waals surface area contributed by atoms with Crippen LogP contribution in [0.5, 0.6) is 0 Å². The van der Waals surface area contributed by atoms with Crippen LogP contribution in [0.3, 0.4) is 0 Å². The molecule has 0 spiro atoms. The SMILES string of the molecule is Cc1ccc([C@@H](CNC(=O)c2cnn(CC(F)(F)F)c2)N2CCOCC2)o1. The van der Waals surface area contributed by atoms with Crippen LogP contribution in [-0.4, -0.2) is 59.6 Å². The highest BCUT2D eigenvalue weighted by molar-refractivity contribution is 5.93. The minimum atomic E-state index is -4.39. The van der Waals surface area contributed by atoms with E-state index in [0.717, 1.165) is 23.9 Å². The van der Waals surface area contributed by atoms with Crippen LogP contribution < -0.4 is 5.32 Å². The van der Waals surface area contributed by atoms with Crippen LogP contribution >= 0.6 is 0 Å². The largest absolute Gasteiger partial charge is 0.465 e. The molecule has 1 atom stereocenters. The molecule has 0 aromatic carbocycles. The third-order valence-corrected chi connectivity index (χ3v) is 4.27. The lowest BCUT2D eigenvalue weighted by atomic mass is 10.1. The number of carbonyl (C=O) groups is 1. The van der Waals surface area contributed by atoms with E-state index >= 15 is 0 Å². The molecule has 7 nitrogen and oxygen atoms in total. The Morgan fingerprint density at radius 1 is 1.33 bits per heavy atom. The molecule has 3 heterocycles. The zero-order valence-corrected chi connectivity index (χ0v) is 14.8. The zero-order chi connectivity index (χ0) is 19.4. The molecule has 1 fully saturated rings. The number of rotatable bonds is 6. The molecule has 2 aromatic rings. The molecule has 1 amide bonds. The normalized spacial score (nSPS) is 17.0. The van der Waals surface area contributed by atoms with Gasteiger partial charge in [0, 0.05) is 25.8 Å². The van der Waals surface area contributed by atoms with Gasteiger partial charge in [-0.25, -0.2) is 0 Å². The van der Waals surface area contributed by atoms with E-state index < -0.39 is 18.6 Å². The summed E-state index contributed by atoms with van der Waals surface area (Å²) in [6.07, 6.45) is -2.18. The molecular formula is C17H21F3N4O3. The Balaban J connectivity index is 1.65. The molecule has 10 heteroatoms. The lowest BCUT2D eigenvalue weighted by molar-refractivity contribution is -0.142. The summed E-state index contributed by atoms with van der Waals surface area (Å²) in [6, 6.07) is 3.53. The van der Waals surface area contributed by atoms with Crippen LogP contribution in [0.2, 0.25) is 0 Å². The van der Waals surface area contributed by atoms with Gasteiger partial charge >= 0.3 is 6.18 Å². The highest BCUT2D eigenvalue weighted by Crippen LogP contribution is 2.23. The number of morpholine rings is 1. The molecule has 0 saturated carbocycles. The smallest absolute Gasteiger partial charge is 0.408 e. The Morgan fingerprint density at radius 2 is 2.07 bits per heavy atom. The van der Waals surface area contributed by atoms with E-state index in [1.807, 2.05) is 19.1 Å². The maximum Gasteiger partial charge on any atom is 0.408 e. The van der Waals surface area contributed by atoms with Gasteiger partial charge in [0.05, 0.1) is 31.0 Å². The summed E-state index contributed by atoms with van der Waals surface area (Å²) >= 11 is 0. The van der Waals surface area contributed by atoms with Crippen molar-refractivity contribution < 1.29 is 27.1 Å². The molecule has 1 aliphatic heterocycles. The van der Waals surface area contributed by atoms with Crippen molar-refractivity contribution in [2.45, 2.75) is 25.7 Å². The maximum atomic E-state index is 12.4. The van der Waals surface area contributed by atoms with Crippen molar-refractivity contribution in [2.24, 2.45) is 0 Å². The summed E-state index contributed by atoms with van der Waals surface area (Å²) in [5, 5.41) is 6.36. The van der Waals surface area contributed by atoms with Crippen LogP contribution in [0.1, 0.15) is 27.9 Å². The fourth-order valence-corrected chi connectivity index (χ4v) is 2.97. The first kappa shape index (κ1) is 19.4. The van der Waals surface area contributed by atoms with Crippen molar-refractivity contribution in [3.05, 3.63) is 41.6 Å². The molecule has 0 radical (unpaired) electrons. The van der Waals surface area contributed by atoms with Crippen LogP contribution in [0.25, 0.3) is 0 Å². The summed E-state index contributed by atoms with van der Waals surface area (Å²) in [4.78, 5) is 14.5. The number of furan rings is 1. The van der Waals surface area contributed by atoms with E-state index in [1.54, 1.807) is 0 Å². The van der Waals surface area contributed by atoms with E-state index in [1.165, 1.54) is 0 Å². The lowest BCUT2D eigenvalue weighted by Gasteiger charge is -2.33. The minimum absolute atomic E-state index is 0.0793. The van der Waals surface area contributed by atoms with Gasteiger partial charge in [0.2, 0.25) is 0 Å². The van der Waals surface area contributed by atoms with E-state index in [-0.39, 0.29) is 18.2 Å². The number of ether oxygens (including phenoxy) is 1. The maximum absolute atomic E-state index is 12.4. The molecule has 148 valence electrons. The molecule has 1 saturated heterocycles. The number of carbonyl (C=O) groups excluding carboxylic acids is 1. The number of alkyl halides is 3. The number of aryl methyl sites for hydroxylation is 1. The number of nitrogens with one attached hydrogen (secondary N) is 1. The topological polar surface area (TPSA) is 72.5 Å². The summed E-state index contributed by atoms with van der Waals surface area (Å²) in [7, 11) is 0. The summed E-state index contributed by atoms with van der Waals surface area (Å²) < 4.78 is 49.0. The summed E-state index contributed by atoms with van der Waals surface area (Å²) in [6.45, 7) is 3.45. The second kappa shape index (κ2) is 8.13. The number of halogens is 3. The van der Waals surface area contributed by atoms with E-state index in [0.29, 0.717) is 31.0 Å². The van der Waals surface area contributed by atoms with Crippen molar-refractivity contribution in [3.8, 4) is 0 Å². The van der Waals surface area contributed by atoms with Gasteiger partial charge in [-0.2, -0.15) is 18.3 Å². The number of hydrogen-bond donors (Lipinski definition) is 1. The van der Waals surface area contributed by atoms with Crippen LogP contribution in [0, 0.1) is 6.92 Å². The average Bonchev–Trinajstić information content (AvgIpc) is 3.24. The van der Waals surface area contributed by atoms with E-state index in [4.69, 9.17) is 9.15 Å². The van der Waals surface area contributed by atoms with Gasteiger partial charge in [0.15, 0.2) is 0 Å². The summed E-state index contributed by atoms with van der Waals surface area (Å²) in [5.74, 6) is 1.01. The Labute approximate surface area is 154 Å². The number of hydrogen-bond acceptors (Lipinski definition) is 5. The Bertz CT molecular complexity index is 766. The zero-order valence-electron chi connectivity index (χ0n) is 14.8. The molecular weight excluding hydrogens is 365 g/mol. The first-order valence-corrected chi connectivity index (χ1v) is 8.57. The Hall–Kier alpha value is -2.33. The van der Waals surface area contributed by atoms with Crippen molar-refractivity contribution >= 4 is 5.91 Å². The molecule has 2 aromatic heterocycles. The van der Waals surface area contributed by atoms with Gasteiger partial charge in [0.25, 0.3) is 5.91 Å². The Kier molecular flexibility index (Phi) is 5.85. The van der Waals surface area contributed by atoms with Crippen molar-refractivity contribution in [1.82, 2.24) is 20.0 Å². The van der Waals surface area contributed by atoms with Gasteiger partial charge in [-0.05, 0) is 19.1 Å². The molecule has 0 bridgehead atoms. The first-order chi connectivity index (χ1) is 12.8. The third kappa shape index (κ3) is 5.33. The van der Waals surface area contributed by atoms with Gasteiger partial charge in [-0.15, -0.1) is 0 Å². The van der Waals surface area contributed by atoms with Crippen LogP contribution in [0.15, 0.2) is 28.9 Å². The molecule has 27 heavy (non-hydrogen) atoms. The van der Waals surface area contributed by atoms with Gasteiger partial charge in [-0.1, -0.05) is 0 Å². The standard InChI is InChI=1S/C17H21F3N4O3/c1-12-2-3-15(27-12)14(23-4-6-26-7-5-23)9-21-16(25)13-8-22-24(10-13)11-17(18,19)20/h2-3,8,10,14H,4-7,9,11H2,1H3,(H,21,25)/t14-/m1/s1. The van der Waals surface area contributed by atoms with Gasteiger partial charge in [-0.3, -0.25) is 14.4 Å². The fraction of sp³-hybridized carbons (Fsp3) is 0.529. The number of amides is 1. The third-order valence-electron chi connectivity index (χ3n) is 4.27. The fourth-order valence-electron chi connectivity index (χ4n) is 2.97. The molecule has 0 aliphatic carbocycles. The molecule has 3 rings (SSSR count). The minimum Gasteiger partial charge on any atom is -0.465 e. The second-order valence-electron chi connectivity index (χ2n) is 6.36. The average molecular weight is 386 g/mol. The van der Waals surface area contributed by atoms with E-state index in [9.17, 15) is 18.0 Å². The molecule has 0 unspecified atom stereocenters. The van der Waals surface area contributed by atoms with Crippen LogP contribution in [0.4, 0.5) is 13.2 Å². The first-order valence-electron chi connectivity index (χ1n) is 8.57. The second-order valence-corrected chi connectivity index (χ2v) is 6.36. The van der Waals surface area contributed by atoms with Gasteiger partial charge < -0.3 is 14.5 Å². The quantitative estimate of drug-likeness (QED) is 0.824. The predicted molar refractivity (Wildman–Crippen MR) is 89.2 cm³/mol. The monoisotopic (exact) mass is 386 g/mol. The van der Waals surface area contributed by atoms with E-state index in [2.05, 4.69) is 15.3 Å². The van der Waals surface area contributed by atoms with Crippen molar-refractivity contribution in [2.75, 3.05) is 32.8 Å². The highest BCUT2D eigenvalue weighted by atomic mass is 19.4. The molecule has 1 N–H and O–H groups in total. The number of nitrogens with zero attached hydrogens (tertiary/aromatic N) is 3. The van der Waals surface area contributed by atoms with Crippen molar-refractivity contribution in [3.63, 3.8) is 0 Å². The van der Waals surface area contributed by atoms with Gasteiger partial charge in [0.1, 0.15) is 18.1 Å². The summed E-state index contributed by atoms with van der Waals surface area (Å²) in [5.41, 5.74) is 0.0793. The van der Waals surface area contributed by atoms with Crippen LogP contribution in [-0.2, 0) is 11.3 Å². The number of aromatic nitrogens is 2. The Morgan fingerprint density at radius 3 is 2.70 bits per heavy atom. The lowest BCUT2D eigenvalue weighted by Crippen LogP contribution is -2.43.